The van der Waals surface area contributed by atoms with Crippen LogP contribution in [0.25, 0.3) is 71.7 Å². The van der Waals surface area contributed by atoms with Crippen molar-refractivity contribution >= 4 is 72.6 Å². The molecule has 8 aromatic carbocycles. The van der Waals surface area contributed by atoms with E-state index in [1.165, 1.54) is 65.2 Å². The molecule has 2 aromatic heterocycles. The van der Waals surface area contributed by atoms with Crippen molar-refractivity contribution in [3.05, 3.63) is 182 Å². The van der Waals surface area contributed by atoms with E-state index in [2.05, 4.69) is 179 Å². The van der Waals surface area contributed by atoms with Gasteiger partial charge in [-0.1, -0.05) is 115 Å². The Morgan fingerprint density at radius 3 is 2.00 bits per heavy atom. The predicted octanol–water partition coefficient (Wildman–Crippen LogP) is 14.0. The molecular weight excluding hydrogens is 653 g/mol. The summed E-state index contributed by atoms with van der Waals surface area (Å²) in [7, 11) is 0. The van der Waals surface area contributed by atoms with Gasteiger partial charge >= 0.3 is 0 Å². The maximum atomic E-state index is 6.16. The maximum Gasteiger partial charge on any atom is 0.135 e. The zero-order valence-corrected chi connectivity index (χ0v) is 28.8. The minimum absolute atomic E-state index is 0.906. The van der Waals surface area contributed by atoms with Crippen molar-refractivity contribution in [1.82, 2.24) is 4.57 Å². The minimum atomic E-state index is 0.906. The highest BCUT2D eigenvalue weighted by Crippen LogP contribution is 2.52. The fourth-order valence-corrected chi connectivity index (χ4v) is 9.05. The second kappa shape index (κ2) is 11.5. The summed E-state index contributed by atoms with van der Waals surface area (Å²) in [6.45, 7) is 0. The Morgan fingerprint density at radius 1 is 0.365 bits per heavy atom. The van der Waals surface area contributed by atoms with Gasteiger partial charge in [-0.2, -0.15) is 0 Å². The van der Waals surface area contributed by atoms with Crippen LogP contribution in [-0.2, 0) is 0 Å². The molecule has 1 aliphatic heterocycles. The van der Waals surface area contributed by atoms with Gasteiger partial charge in [0.15, 0.2) is 0 Å². The highest BCUT2D eigenvalue weighted by Gasteiger charge is 2.25. The van der Waals surface area contributed by atoms with Gasteiger partial charge in [0.1, 0.15) is 11.2 Å². The number of hydrogen-bond donors (Lipinski definition) is 0. The van der Waals surface area contributed by atoms with Gasteiger partial charge in [0.2, 0.25) is 0 Å². The molecule has 0 atom stereocenters. The summed E-state index contributed by atoms with van der Waals surface area (Å²) in [5, 5.41) is 4.74. The van der Waals surface area contributed by atoms with Crippen molar-refractivity contribution in [2.45, 2.75) is 9.79 Å². The first-order valence-electron chi connectivity index (χ1n) is 17.6. The van der Waals surface area contributed by atoms with Gasteiger partial charge in [-0.25, -0.2) is 0 Å². The van der Waals surface area contributed by atoms with Crippen LogP contribution in [0, 0.1) is 0 Å². The van der Waals surface area contributed by atoms with E-state index >= 15 is 0 Å². The smallest absolute Gasteiger partial charge is 0.135 e. The van der Waals surface area contributed by atoms with E-state index in [1.807, 2.05) is 23.9 Å². The van der Waals surface area contributed by atoms with Crippen LogP contribution in [0.2, 0.25) is 0 Å². The van der Waals surface area contributed by atoms with Crippen molar-refractivity contribution in [2.75, 3.05) is 4.90 Å². The molecule has 0 fully saturated rings. The summed E-state index contributed by atoms with van der Waals surface area (Å²) in [6.07, 6.45) is 0. The van der Waals surface area contributed by atoms with Crippen LogP contribution in [0.1, 0.15) is 0 Å². The fourth-order valence-electron chi connectivity index (χ4n) is 7.95. The Morgan fingerprint density at radius 2 is 1.06 bits per heavy atom. The van der Waals surface area contributed by atoms with Gasteiger partial charge in [-0.3, -0.25) is 0 Å². The average Bonchev–Trinajstić information content (AvgIpc) is 3.75. The largest absolute Gasteiger partial charge is 0.456 e. The molecule has 0 unspecified atom stereocenters. The SMILES string of the molecule is c1ccc(-c2cccc(N3c4ccccc4Sc4cc(-c5ccc6c(c5)c5ccccc5n6-c5ccc6oc7ccccc7c6c5)ccc43)c2)cc1. The molecule has 0 N–H and O–H groups in total. The third-order valence-electron chi connectivity index (χ3n) is 10.4. The number of rotatable bonds is 4. The normalized spacial score (nSPS) is 12.5. The minimum Gasteiger partial charge on any atom is -0.456 e. The Balaban J connectivity index is 1.03. The van der Waals surface area contributed by atoms with Crippen LogP contribution >= 0.6 is 11.8 Å². The lowest BCUT2D eigenvalue weighted by atomic mass is 10.0. The standard InChI is InChI=1S/C48H30N2OS/c1-2-11-31(12-3-1)32-13-10-14-35(27-32)50-43-18-7-9-20-47(43)52-48-29-34(22-25-44(48)50)33-21-24-42-39(28-33)37-15-4-6-17-41(37)49(42)36-23-26-46-40(30-36)38-16-5-8-19-45(38)51-46/h1-30H. The van der Waals surface area contributed by atoms with Gasteiger partial charge < -0.3 is 13.9 Å². The lowest BCUT2D eigenvalue weighted by molar-refractivity contribution is 0.669. The first kappa shape index (κ1) is 29.3. The number of aromatic nitrogens is 1. The Kier molecular flexibility index (Phi) is 6.48. The second-order valence-corrected chi connectivity index (χ2v) is 14.5. The maximum absolute atomic E-state index is 6.16. The molecule has 3 nitrogen and oxygen atoms in total. The zero-order chi connectivity index (χ0) is 34.2. The van der Waals surface area contributed by atoms with Crippen LogP contribution in [-0.4, -0.2) is 4.57 Å². The molecule has 0 spiro atoms. The molecule has 10 aromatic rings. The highest BCUT2D eigenvalue weighted by molar-refractivity contribution is 7.99. The number of anilines is 3. The van der Waals surface area contributed by atoms with E-state index in [0.29, 0.717) is 0 Å². The first-order chi connectivity index (χ1) is 25.8. The van der Waals surface area contributed by atoms with Gasteiger partial charge in [0, 0.05) is 42.7 Å². The molecule has 244 valence electrons. The van der Waals surface area contributed by atoms with Crippen molar-refractivity contribution in [1.29, 1.82) is 0 Å². The monoisotopic (exact) mass is 682 g/mol. The van der Waals surface area contributed by atoms with Crippen molar-refractivity contribution in [2.24, 2.45) is 0 Å². The molecule has 0 aliphatic carbocycles. The third kappa shape index (κ3) is 4.55. The summed E-state index contributed by atoms with van der Waals surface area (Å²) in [6, 6.07) is 65.6. The van der Waals surface area contributed by atoms with Gasteiger partial charge in [-0.05, 0) is 101 Å². The lowest BCUT2D eigenvalue weighted by Gasteiger charge is -2.33. The Labute approximate surface area is 305 Å². The average molecular weight is 683 g/mol. The Hall–Kier alpha value is -6.49. The van der Waals surface area contributed by atoms with Gasteiger partial charge in [0.05, 0.1) is 22.4 Å². The molecule has 0 saturated heterocycles. The molecule has 4 heteroatoms. The second-order valence-electron chi connectivity index (χ2n) is 13.4. The Bertz CT molecular complexity index is 3010. The first-order valence-corrected chi connectivity index (χ1v) is 18.4. The molecule has 0 bridgehead atoms. The zero-order valence-electron chi connectivity index (χ0n) is 28.0. The number of nitrogens with zero attached hydrogens (tertiary/aromatic N) is 2. The van der Waals surface area contributed by atoms with Gasteiger partial charge in [0.25, 0.3) is 0 Å². The number of fused-ring (bicyclic) bond motifs is 8. The fraction of sp³-hybridized carbons (Fsp3) is 0. The lowest BCUT2D eigenvalue weighted by Crippen LogP contribution is -2.14. The third-order valence-corrected chi connectivity index (χ3v) is 11.5. The molecule has 11 rings (SSSR count). The summed E-state index contributed by atoms with van der Waals surface area (Å²) < 4.78 is 8.55. The van der Waals surface area contributed by atoms with Crippen molar-refractivity contribution in [3.63, 3.8) is 0 Å². The number of benzene rings is 8. The van der Waals surface area contributed by atoms with E-state index in [1.54, 1.807) is 0 Å². The predicted molar refractivity (Wildman–Crippen MR) is 218 cm³/mol. The summed E-state index contributed by atoms with van der Waals surface area (Å²) >= 11 is 1.85. The molecule has 0 radical (unpaired) electrons. The van der Waals surface area contributed by atoms with E-state index in [-0.39, 0.29) is 0 Å². The highest BCUT2D eigenvalue weighted by atomic mass is 32.2. The summed E-state index contributed by atoms with van der Waals surface area (Å²) in [4.78, 5) is 4.90. The topological polar surface area (TPSA) is 21.3 Å². The molecule has 0 amide bonds. The molecule has 1 aliphatic rings. The van der Waals surface area contributed by atoms with Crippen molar-refractivity contribution in [3.8, 4) is 27.9 Å². The molecule has 52 heavy (non-hydrogen) atoms. The molecular formula is C48H30N2OS. The quantitative estimate of drug-likeness (QED) is 0.184. The van der Waals surface area contributed by atoms with Gasteiger partial charge in [-0.15, -0.1) is 0 Å². The molecule has 3 heterocycles. The van der Waals surface area contributed by atoms with Crippen LogP contribution in [0.4, 0.5) is 17.1 Å². The van der Waals surface area contributed by atoms with Crippen LogP contribution in [0.5, 0.6) is 0 Å². The van der Waals surface area contributed by atoms with Crippen LogP contribution in [0.15, 0.2) is 196 Å². The molecule has 0 saturated carbocycles. The van der Waals surface area contributed by atoms with Crippen LogP contribution in [0.3, 0.4) is 0 Å². The number of hydrogen-bond acceptors (Lipinski definition) is 3. The van der Waals surface area contributed by atoms with Crippen molar-refractivity contribution < 1.29 is 4.42 Å². The van der Waals surface area contributed by atoms with E-state index in [4.69, 9.17) is 4.42 Å². The van der Waals surface area contributed by atoms with E-state index in [9.17, 15) is 0 Å². The summed E-state index contributed by atoms with van der Waals surface area (Å²) in [5.41, 5.74) is 13.7. The number of furan rings is 1. The summed E-state index contributed by atoms with van der Waals surface area (Å²) in [5.74, 6) is 0. The van der Waals surface area contributed by atoms with Crippen LogP contribution < -0.4 is 4.90 Å². The van der Waals surface area contributed by atoms with E-state index in [0.717, 1.165) is 33.3 Å². The van der Waals surface area contributed by atoms with E-state index < -0.39 is 0 Å². The number of para-hydroxylation sites is 3.